The highest BCUT2D eigenvalue weighted by atomic mass is 16.2. The van der Waals surface area contributed by atoms with Crippen LogP contribution in [-0.2, 0) is 4.79 Å². The number of carbonyl (C=O) groups excluding carboxylic acids is 1. The molecule has 0 aromatic carbocycles. The summed E-state index contributed by atoms with van der Waals surface area (Å²) < 4.78 is 0. The van der Waals surface area contributed by atoms with Crippen molar-refractivity contribution in [3.8, 4) is 0 Å². The predicted octanol–water partition coefficient (Wildman–Crippen LogP) is -0.0348. The lowest BCUT2D eigenvalue weighted by atomic mass is 10.1. The van der Waals surface area contributed by atoms with E-state index in [0.29, 0.717) is 12.6 Å². The van der Waals surface area contributed by atoms with Crippen LogP contribution in [0.2, 0.25) is 0 Å². The van der Waals surface area contributed by atoms with Crippen molar-refractivity contribution in [1.29, 1.82) is 0 Å². The molecule has 0 saturated carbocycles. The van der Waals surface area contributed by atoms with E-state index in [1.165, 1.54) is 12.8 Å². The Labute approximate surface area is 91.4 Å². The van der Waals surface area contributed by atoms with Gasteiger partial charge in [0.1, 0.15) is 0 Å². The van der Waals surface area contributed by atoms with E-state index < -0.39 is 0 Å². The largest absolute Gasteiger partial charge is 0.342 e. The van der Waals surface area contributed by atoms with E-state index in [4.69, 9.17) is 0 Å². The molecule has 4 nitrogen and oxygen atoms in total. The second kappa shape index (κ2) is 5.47. The smallest absolute Gasteiger partial charge is 0.236 e. The molecule has 0 spiro atoms. The summed E-state index contributed by atoms with van der Waals surface area (Å²) in [6.07, 6.45) is 4.67. The number of carbonyl (C=O) groups is 1. The van der Waals surface area contributed by atoms with Crippen LogP contribution in [-0.4, -0.2) is 49.6 Å². The Balaban J connectivity index is 1.65. The van der Waals surface area contributed by atoms with Crippen LogP contribution in [0.1, 0.15) is 25.7 Å². The van der Waals surface area contributed by atoms with Crippen molar-refractivity contribution < 1.29 is 4.79 Å². The van der Waals surface area contributed by atoms with Gasteiger partial charge in [0, 0.05) is 32.2 Å². The maximum absolute atomic E-state index is 11.7. The first-order chi connectivity index (χ1) is 7.36. The first kappa shape index (κ1) is 10.9. The molecule has 2 aliphatic heterocycles. The Kier molecular flexibility index (Phi) is 3.97. The monoisotopic (exact) mass is 210 g/mol. The third kappa shape index (κ3) is 3.18. The molecule has 1 unspecified atom stereocenters. The summed E-state index contributed by atoms with van der Waals surface area (Å²) in [7, 11) is 0. The molecular formula is C11H20N3O. The average molecular weight is 210 g/mol. The number of hydrogen-bond donors (Lipinski definition) is 1. The van der Waals surface area contributed by atoms with Gasteiger partial charge in [-0.3, -0.25) is 4.79 Å². The van der Waals surface area contributed by atoms with Gasteiger partial charge in [-0.15, -0.1) is 0 Å². The minimum atomic E-state index is 0.262. The van der Waals surface area contributed by atoms with E-state index >= 15 is 0 Å². The van der Waals surface area contributed by atoms with Crippen LogP contribution in [0.3, 0.4) is 0 Å². The minimum absolute atomic E-state index is 0.262. The van der Waals surface area contributed by atoms with E-state index in [2.05, 4.69) is 10.6 Å². The summed E-state index contributed by atoms with van der Waals surface area (Å²) in [6, 6.07) is 0.435. The van der Waals surface area contributed by atoms with E-state index in [1.807, 2.05) is 4.90 Å². The third-order valence-electron chi connectivity index (χ3n) is 3.22. The molecular weight excluding hydrogens is 190 g/mol. The molecule has 0 bridgehead atoms. The summed E-state index contributed by atoms with van der Waals surface area (Å²) in [4.78, 5) is 13.7. The molecule has 0 aromatic heterocycles. The van der Waals surface area contributed by atoms with Crippen molar-refractivity contribution in [2.24, 2.45) is 0 Å². The van der Waals surface area contributed by atoms with E-state index in [-0.39, 0.29) is 5.91 Å². The van der Waals surface area contributed by atoms with Crippen LogP contribution < -0.4 is 10.6 Å². The minimum Gasteiger partial charge on any atom is -0.342 e. The van der Waals surface area contributed by atoms with Gasteiger partial charge < -0.3 is 10.2 Å². The van der Waals surface area contributed by atoms with Gasteiger partial charge in [-0.1, -0.05) is 0 Å². The lowest BCUT2D eigenvalue weighted by Gasteiger charge is -2.24. The molecule has 1 atom stereocenters. The molecule has 2 rings (SSSR count). The van der Waals surface area contributed by atoms with Crippen LogP contribution in [0, 0.1) is 0 Å². The van der Waals surface area contributed by atoms with E-state index in [0.717, 1.165) is 39.0 Å². The van der Waals surface area contributed by atoms with Gasteiger partial charge >= 0.3 is 0 Å². The zero-order chi connectivity index (χ0) is 10.5. The highest BCUT2D eigenvalue weighted by Gasteiger charge is 2.19. The summed E-state index contributed by atoms with van der Waals surface area (Å²) >= 11 is 0. The Morgan fingerprint density at radius 2 is 2.13 bits per heavy atom. The molecule has 85 valence electrons. The number of likely N-dealkylation sites (tertiary alicyclic amines) is 1. The highest BCUT2D eigenvalue weighted by Crippen LogP contribution is 2.07. The maximum Gasteiger partial charge on any atom is 0.236 e. The van der Waals surface area contributed by atoms with Gasteiger partial charge in [0.05, 0.1) is 6.54 Å². The third-order valence-corrected chi connectivity index (χ3v) is 3.22. The van der Waals surface area contributed by atoms with Crippen molar-refractivity contribution in [2.75, 3.05) is 32.7 Å². The quantitative estimate of drug-likeness (QED) is 0.711. The SMILES string of the molecule is O=C(CNC1CCC[N]C1)N1CCCC1. The molecule has 4 heteroatoms. The molecule has 2 saturated heterocycles. The first-order valence-electron chi connectivity index (χ1n) is 6.00. The number of hydrogen-bond acceptors (Lipinski definition) is 2. The fraction of sp³-hybridized carbons (Fsp3) is 0.909. The Morgan fingerprint density at radius 1 is 1.33 bits per heavy atom. The summed E-state index contributed by atoms with van der Waals surface area (Å²) in [6.45, 7) is 4.29. The van der Waals surface area contributed by atoms with Crippen molar-refractivity contribution in [2.45, 2.75) is 31.7 Å². The highest BCUT2D eigenvalue weighted by molar-refractivity contribution is 5.78. The normalized spacial score (nSPS) is 26.9. The second-order valence-electron chi connectivity index (χ2n) is 4.44. The van der Waals surface area contributed by atoms with Gasteiger partial charge in [0.15, 0.2) is 0 Å². The lowest BCUT2D eigenvalue weighted by molar-refractivity contribution is -0.129. The van der Waals surface area contributed by atoms with Gasteiger partial charge in [-0.05, 0) is 25.7 Å². The summed E-state index contributed by atoms with van der Waals surface area (Å²) in [5.41, 5.74) is 0. The summed E-state index contributed by atoms with van der Waals surface area (Å²) in [5.74, 6) is 0.262. The van der Waals surface area contributed by atoms with Crippen molar-refractivity contribution >= 4 is 5.91 Å². The fourth-order valence-corrected chi connectivity index (χ4v) is 2.26. The number of nitrogens with zero attached hydrogens (tertiary/aromatic N) is 2. The zero-order valence-electron chi connectivity index (χ0n) is 9.24. The van der Waals surface area contributed by atoms with E-state index in [9.17, 15) is 4.79 Å². The molecule has 0 aromatic rings. The summed E-state index contributed by atoms with van der Waals surface area (Å²) in [5, 5.41) is 7.66. The first-order valence-corrected chi connectivity index (χ1v) is 6.00. The van der Waals surface area contributed by atoms with Crippen LogP contribution in [0.5, 0.6) is 0 Å². The average Bonchev–Trinajstić information content (AvgIpc) is 2.81. The molecule has 2 heterocycles. The van der Waals surface area contributed by atoms with Gasteiger partial charge in [0.25, 0.3) is 0 Å². The van der Waals surface area contributed by atoms with Gasteiger partial charge in [0.2, 0.25) is 5.91 Å². The molecule has 0 aliphatic carbocycles. The zero-order valence-corrected chi connectivity index (χ0v) is 9.24. The van der Waals surface area contributed by atoms with Crippen LogP contribution in [0.15, 0.2) is 0 Å². The Bertz CT molecular complexity index is 208. The van der Waals surface area contributed by atoms with Crippen molar-refractivity contribution in [3.05, 3.63) is 0 Å². The lowest BCUT2D eigenvalue weighted by Crippen LogP contribution is -2.45. The number of rotatable bonds is 3. The Morgan fingerprint density at radius 3 is 2.80 bits per heavy atom. The molecule has 1 amide bonds. The molecule has 15 heavy (non-hydrogen) atoms. The number of nitrogens with one attached hydrogen (secondary N) is 1. The topological polar surface area (TPSA) is 46.4 Å². The molecule has 1 N–H and O–H groups in total. The Hall–Kier alpha value is -0.610. The molecule has 1 radical (unpaired) electrons. The van der Waals surface area contributed by atoms with Crippen molar-refractivity contribution in [1.82, 2.24) is 15.5 Å². The van der Waals surface area contributed by atoms with Crippen LogP contribution in [0.4, 0.5) is 0 Å². The molecule has 2 fully saturated rings. The standard InChI is InChI=1S/C11H20N3O/c15-11(14-6-1-2-7-14)9-13-10-4-3-5-12-8-10/h10,13H,1-9H2. The number of amides is 1. The van der Waals surface area contributed by atoms with Crippen LogP contribution in [0.25, 0.3) is 0 Å². The predicted molar refractivity (Wildman–Crippen MR) is 58.7 cm³/mol. The molecule has 2 aliphatic rings. The maximum atomic E-state index is 11.7. The second-order valence-corrected chi connectivity index (χ2v) is 4.44. The van der Waals surface area contributed by atoms with Crippen molar-refractivity contribution in [3.63, 3.8) is 0 Å². The van der Waals surface area contributed by atoms with Gasteiger partial charge in [-0.25, -0.2) is 5.32 Å². The number of piperidine rings is 1. The van der Waals surface area contributed by atoms with Crippen LogP contribution >= 0.6 is 0 Å². The van der Waals surface area contributed by atoms with E-state index in [1.54, 1.807) is 0 Å². The fourth-order valence-electron chi connectivity index (χ4n) is 2.26. The van der Waals surface area contributed by atoms with Gasteiger partial charge in [-0.2, -0.15) is 0 Å².